The van der Waals surface area contributed by atoms with Crippen molar-refractivity contribution >= 4 is 17.7 Å². The summed E-state index contributed by atoms with van der Waals surface area (Å²) in [5, 5.41) is 9.53. The van der Waals surface area contributed by atoms with Crippen molar-refractivity contribution in [3.05, 3.63) is 53.5 Å². The average Bonchev–Trinajstić information content (AvgIpc) is 2.94. The van der Waals surface area contributed by atoms with Crippen molar-refractivity contribution in [2.24, 2.45) is 0 Å². The normalized spacial score (nSPS) is 18.4. The van der Waals surface area contributed by atoms with E-state index in [1.807, 2.05) is 41.8 Å². The van der Waals surface area contributed by atoms with Gasteiger partial charge < -0.3 is 14.4 Å². The lowest BCUT2D eigenvalue weighted by Gasteiger charge is -2.34. The lowest BCUT2D eigenvalue weighted by atomic mass is 10.1. The predicted molar refractivity (Wildman–Crippen MR) is 87.0 cm³/mol. The third kappa shape index (κ3) is 3.30. The van der Waals surface area contributed by atoms with E-state index in [0.29, 0.717) is 6.42 Å². The highest BCUT2D eigenvalue weighted by Crippen LogP contribution is 2.31. The number of hydrogen-bond acceptors (Lipinski definition) is 4. The van der Waals surface area contributed by atoms with Crippen LogP contribution in [-0.4, -0.2) is 34.0 Å². The van der Waals surface area contributed by atoms with Gasteiger partial charge in [0.05, 0.1) is 12.5 Å². The summed E-state index contributed by atoms with van der Waals surface area (Å²) in [7, 11) is 0. The van der Waals surface area contributed by atoms with Crippen LogP contribution in [0.5, 0.6) is 5.75 Å². The Morgan fingerprint density at radius 3 is 3.00 bits per heavy atom. The largest absolute Gasteiger partial charge is 0.508 e. The number of nitrogens with zero attached hydrogens (tertiary/aromatic N) is 1. The number of phenols is 1. The van der Waals surface area contributed by atoms with Crippen molar-refractivity contribution < 1.29 is 14.3 Å². The molecule has 1 atom stereocenters. The van der Waals surface area contributed by atoms with Crippen LogP contribution in [0.4, 0.5) is 0 Å². The number of aryl methyl sites for hydroxylation is 1. The molecule has 1 fully saturated rings. The number of amides is 1. The molecule has 0 unspecified atom stereocenters. The number of furan rings is 1. The van der Waals surface area contributed by atoms with Gasteiger partial charge in [-0.15, -0.1) is 0 Å². The Labute approximate surface area is 134 Å². The summed E-state index contributed by atoms with van der Waals surface area (Å²) >= 11 is 1.84. The van der Waals surface area contributed by atoms with E-state index >= 15 is 0 Å². The van der Waals surface area contributed by atoms with Crippen LogP contribution in [0.25, 0.3) is 0 Å². The van der Waals surface area contributed by atoms with Crippen molar-refractivity contribution in [3.63, 3.8) is 0 Å². The molecule has 0 saturated carbocycles. The second kappa shape index (κ2) is 6.48. The highest BCUT2D eigenvalue weighted by Gasteiger charge is 2.30. The number of rotatable bonds is 3. The summed E-state index contributed by atoms with van der Waals surface area (Å²) in [6.07, 6.45) is 0.301. The lowest BCUT2D eigenvalue weighted by Crippen LogP contribution is -2.41. The Bertz CT molecular complexity index is 667. The molecule has 22 heavy (non-hydrogen) atoms. The molecule has 1 aromatic carbocycles. The molecule has 0 aliphatic carbocycles. The zero-order valence-corrected chi connectivity index (χ0v) is 13.3. The maximum Gasteiger partial charge on any atom is 0.227 e. The summed E-state index contributed by atoms with van der Waals surface area (Å²) in [4.78, 5) is 14.6. The van der Waals surface area contributed by atoms with Crippen LogP contribution < -0.4 is 0 Å². The Morgan fingerprint density at radius 2 is 2.27 bits per heavy atom. The van der Waals surface area contributed by atoms with Gasteiger partial charge in [0.15, 0.2) is 0 Å². The van der Waals surface area contributed by atoms with Crippen LogP contribution in [0.1, 0.15) is 23.1 Å². The van der Waals surface area contributed by atoms with Crippen molar-refractivity contribution in [2.45, 2.75) is 19.4 Å². The zero-order chi connectivity index (χ0) is 15.5. The minimum Gasteiger partial charge on any atom is -0.508 e. The third-order valence-corrected chi connectivity index (χ3v) is 4.83. The third-order valence-electron chi connectivity index (χ3n) is 3.80. The quantitative estimate of drug-likeness (QED) is 0.945. The Morgan fingerprint density at radius 1 is 1.41 bits per heavy atom. The van der Waals surface area contributed by atoms with Crippen molar-refractivity contribution in [2.75, 3.05) is 18.1 Å². The van der Waals surface area contributed by atoms with Gasteiger partial charge in [-0.2, -0.15) is 11.8 Å². The molecule has 3 rings (SSSR count). The van der Waals surface area contributed by atoms with Gasteiger partial charge in [0.2, 0.25) is 5.91 Å². The van der Waals surface area contributed by atoms with Gasteiger partial charge in [-0.3, -0.25) is 4.79 Å². The van der Waals surface area contributed by atoms with Gasteiger partial charge in [0.1, 0.15) is 17.3 Å². The highest BCUT2D eigenvalue weighted by atomic mass is 32.2. The number of carbonyl (C=O) groups excluding carboxylic acids is 1. The molecular weight excluding hydrogens is 298 g/mol. The predicted octanol–water partition coefficient (Wildman–Crippen LogP) is 3.15. The van der Waals surface area contributed by atoms with E-state index in [1.165, 1.54) is 0 Å². The molecule has 4 nitrogen and oxygen atoms in total. The number of carbonyl (C=O) groups is 1. The van der Waals surface area contributed by atoms with Gasteiger partial charge in [-0.1, -0.05) is 12.1 Å². The maximum absolute atomic E-state index is 12.7. The first kappa shape index (κ1) is 15.0. The van der Waals surface area contributed by atoms with Crippen molar-refractivity contribution in [1.29, 1.82) is 0 Å². The number of aromatic hydroxyl groups is 1. The first-order valence-corrected chi connectivity index (χ1v) is 8.50. The number of hydrogen-bond donors (Lipinski definition) is 1. The zero-order valence-electron chi connectivity index (χ0n) is 12.5. The van der Waals surface area contributed by atoms with Crippen LogP contribution in [0.2, 0.25) is 0 Å². The molecule has 5 heteroatoms. The molecular formula is C17H19NO3S. The first-order valence-electron chi connectivity index (χ1n) is 7.35. The average molecular weight is 317 g/mol. The van der Waals surface area contributed by atoms with E-state index in [1.54, 1.807) is 18.2 Å². The summed E-state index contributed by atoms with van der Waals surface area (Å²) in [5.74, 6) is 3.79. The van der Waals surface area contributed by atoms with Crippen LogP contribution in [-0.2, 0) is 11.2 Å². The molecule has 1 amide bonds. The molecule has 0 bridgehead atoms. The monoisotopic (exact) mass is 317 g/mol. The Hall–Kier alpha value is -1.88. The molecule has 0 radical (unpaired) electrons. The molecule has 1 aliphatic rings. The summed E-state index contributed by atoms with van der Waals surface area (Å²) in [6.45, 7) is 2.64. The standard InChI is InChI=1S/C17H19NO3S/c1-12-5-6-16(21-12)15-11-22-8-7-18(15)17(20)10-13-3-2-4-14(19)9-13/h2-6,9,15,19H,7-8,10-11H2,1H3/t15-/m0/s1. The summed E-state index contributed by atoms with van der Waals surface area (Å²) in [5.41, 5.74) is 0.831. The molecule has 1 aliphatic heterocycles. The Balaban J connectivity index is 1.76. The molecule has 1 aromatic heterocycles. The topological polar surface area (TPSA) is 53.7 Å². The van der Waals surface area contributed by atoms with Crippen LogP contribution in [0.3, 0.4) is 0 Å². The van der Waals surface area contributed by atoms with Crippen LogP contribution in [0.15, 0.2) is 40.8 Å². The summed E-state index contributed by atoms with van der Waals surface area (Å²) in [6, 6.07) is 10.8. The molecule has 116 valence electrons. The second-order valence-electron chi connectivity index (χ2n) is 5.47. The lowest BCUT2D eigenvalue weighted by molar-refractivity contribution is -0.132. The number of phenolic OH excluding ortho intramolecular Hbond substituents is 1. The van der Waals surface area contributed by atoms with Crippen molar-refractivity contribution in [3.8, 4) is 5.75 Å². The number of thioether (sulfide) groups is 1. The number of benzene rings is 1. The van der Waals surface area contributed by atoms with E-state index < -0.39 is 0 Å². The molecule has 2 aromatic rings. The van der Waals surface area contributed by atoms with Gasteiger partial charge in [-0.25, -0.2) is 0 Å². The maximum atomic E-state index is 12.7. The van der Waals surface area contributed by atoms with Gasteiger partial charge in [-0.05, 0) is 36.8 Å². The van der Waals surface area contributed by atoms with Crippen molar-refractivity contribution in [1.82, 2.24) is 4.90 Å². The fraction of sp³-hybridized carbons (Fsp3) is 0.353. The SMILES string of the molecule is Cc1ccc([C@@H]2CSCCN2C(=O)Cc2cccc(O)c2)o1. The minimum absolute atomic E-state index is 0.00254. The summed E-state index contributed by atoms with van der Waals surface area (Å²) < 4.78 is 5.73. The Kier molecular flexibility index (Phi) is 4.43. The fourth-order valence-electron chi connectivity index (χ4n) is 2.71. The van der Waals surface area contributed by atoms with Gasteiger partial charge in [0, 0.05) is 18.1 Å². The van der Waals surface area contributed by atoms with E-state index in [-0.39, 0.29) is 17.7 Å². The first-order chi connectivity index (χ1) is 10.6. The smallest absolute Gasteiger partial charge is 0.227 e. The molecule has 1 saturated heterocycles. The van der Waals surface area contributed by atoms with Crippen LogP contribution >= 0.6 is 11.8 Å². The van der Waals surface area contributed by atoms with Gasteiger partial charge >= 0.3 is 0 Å². The van der Waals surface area contributed by atoms with Crippen LogP contribution in [0, 0.1) is 6.92 Å². The minimum atomic E-state index is -0.00254. The highest BCUT2D eigenvalue weighted by molar-refractivity contribution is 7.99. The molecule has 0 spiro atoms. The second-order valence-corrected chi connectivity index (χ2v) is 6.62. The van der Waals surface area contributed by atoms with E-state index in [0.717, 1.165) is 35.1 Å². The van der Waals surface area contributed by atoms with E-state index in [2.05, 4.69) is 0 Å². The van der Waals surface area contributed by atoms with E-state index in [4.69, 9.17) is 4.42 Å². The molecule has 2 heterocycles. The van der Waals surface area contributed by atoms with Gasteiger partial charge in [0.25, 0.3) is 0 Å². The fourth-order valence-corrected chi connectivity index (χ4v) is 3.77. The molecule has 1 N–H and O–H groups in total. The van der Waals surface area contributed by atoms with E-state index in [9.17, 15) is 9.90 Å².